The number of fused-ring (bicyclic) bond motifs is 1. The van der Waals surface area contributed by atoms with Gasteiger partial charge >= 0.3 is 0 Å². The Kier molecular flexibility index (Phi) is 4.51. The first-order chi connectivity index (χ1) is 8.31. The summed E-state index contributed by atoms with van der Waals surface area (Å²) < 4.78 is 5.95. The maximum atomic E-state index is 6.17. The van der Waals surface area contributed by atoms with Crippen molar-refractivity contribution in [3.05, 3.63) is 36.9 Å². The zero-order chi connectivity index (χ0) is 12.1. The third kappa shape index (κ3) is 3.27. The van der Waals surface area contributed by atoms with E-state index in [2.05, 4.69) is 12.6 Å². The number of hydrogen-bond acceptors (Lipinski definition) is 3. The molecule has 0 saturated carbocycles. The van der Waals surface area contributed by atoms with Gasteiger partial charge in [0.2, 0.25) is 0 Å². The van der Waals surface area contributed by atoms with Gasteiger partial charge in [-0.25, -0.2) is 0 Å². The summed E-state index contributed by atoms with van der Waals surface area (Å²) in [6.45, 7) is 3.72. The second kappa shape index (κ2) is 6.12. The Morgan fingerprint density at radius 2 is 2.35 bits per heavy atom. The molecule has 1 heterocycles. The third-order valence-electron chi connectivity index (χ3n) is 2.95. The molecule has 0 aliphatic carbocycles. The van der Waals surface area contributed by atoms with Crippen LogP contribution < -0.4 is 10.5 Å². The van der Waals surface area contributed by atoms with Crippen molar-refractivity contribution in [1.82, 2.24) is 0 Å². The summed E-state index contributed by atoms with van der Waals surface area (Å²) in [4.78, 5) is 1.22. The van der Waals surface area contributed by atoms with Crippen LogP contribution in [-0.2, 0) is 0 Å². The minimum Gasteiger partial charge on any atom is -0.487 e. The van der Waals surface area contributed by atoms with Gasteiger partial charge in [-0.15, -0.1) is 18.3 Å². The molecule has 92 valence electrons. The fourth-order valence-electron chi connectivity index (χ4n) is 1.93. The molecule has 2 N–H and O–H groups in total. The van der Waals surface area contributed by atoms with Crippen LogP contribution in [0.4, 0.5) is 0 Å². The average molecular weight is 249 g/mol. The second-order valence-corrected chi connectivity index (χ2v) is 5.36. The Morgan fingerprint density at radius 3 is 3.18 bits per heavy atom. The summed E-state index contributed by atoms with van der Waals surface area (Å²) >= 11 is 1.84. The monoisotopic (exact) mass is 249 g/mol. The molecular formula is C14H19NOS. The van der Waals surface area contributed by atoms with Crippen molar-refractivity contribution < 1.29 is 4.74 Å². The Morgan fingerprint density at radius 1 is 1.53 bits per heavy atom. The standard InChI is InChI=1S/C14H19NOS/c1-2-3-4-7-11(15)13-10-17-14-9-6-5-8-12(14)16-13/h2,5-6,8-9,11,13H,1,3-4,7,10,15H2. The minimum absolute atomic E-state index is 0.121. The van der Waals surface area contributed by atoms with Crippen molar-refractivity contribution in [2.24, 2.45) is 5.73 Å². The largest absolute Gasteiger partial charge is 0.487 e. The van der Waals surface area contributed by atoms with Crippen molar-refractivity contribution in [1.29, 1.82) is 0 Å². The van der Waals surface area contributed by atoms with E-state index in [0.29, 0.717) is 0 Å². The average Bonchev–Trinajstić information content (AvgIpc) is 2.38. The number of nitrogens with two attached hydrogens (primary N) is 1. The zero-order valence-corrected chi connectivity index (χ0v) is 10.8. The minimum atomic E-state index is 0.121. The van der Waals surface area contributed by atoms with E-state index in [4.69, 9.17) is 10.5 Å². The van der Waals surface area contributed by atoms with E-state index in [9.17, 15) is 0 Å². The van der Waals surface area contributed by atoms with Gasteiger partial charge in [0.05, 0.1) is 0 Å². The van der Waals surface area contributed by atoms with Gasteiger partial charge in [0, 0.05) is 16.7 Å². The van der Waals surface area contributed by atoms with Crippen LogP contribution in [0.2, 0.25) is 0 Å². The lowest BCUT2D eigenvalue weighted by Crippen LogP contribution is -2.42. The van der Waals surface area contributed by atoms with E-state index >= 15 is 0 Å². The number of hydrogen-bond donors (Lipinski definition) is 1. The van der Waals surface area contributed by atoms with E-state index < -0.39 is 0 Å². The van der Waals surface area contributed by atoms with Gasteiger partial charge < -0.3 is 10.5 Å². The molecule has 1 aromatic rings. The number of rotatable bonds is 5. The van der Waals surface area contributed by atoms with Crippen LogP contribution in [0.1, 0.15) is 19.3 Å². The molecule has 1 aliphatic rings. The highest BCUT2D eigenvalue weighted by Gasteiger charge is 2.25. The Hall–Kier alpha value is -0.930. The third-order valence-corrected chi connectivity index (χ3v) is 4.10. The lowest BCUT2D eigenvalue weighted by Gasteiger charge is -2.29. The molecule has 0 bridgehead atoms. The molecule has 2 atom stereocenters. The molecule has 1 aromatic carbocycles. The molecular weight excluding hydrogens is 230 g/mol. The second-order valence-electron chi connectivity index (χ2n) is 4.30. The fraction of sp³-hybridized carbons (Fsp3) is 0.429. The topological polar surface area (TPSA) is 35.2 Å². The SMILES string of the molecule is C=CCCCC(N)C1CSc2ccccc2O1. The number of benzene rings is 1. The lowest BCUT2D eigenvalue weighted by atomic mass is 10.1. The van der Waals surface area contributed by atoms with Crippen molar-refractivity contribution in [3.8, 4) is 5.75 Å². The van der Waals surface area contributed by atoms with Gasteiger partial charge in [0.15, 0.2) is 0 Å². The molecule has 2 nitrogen and oxygen atoms in total. The molecule has 0 radical (unpaired) electrons. The lowest BCUT2D eigenvalue weighted by molar-refractivity contribution is 0.179. The maximum absolute atomic E-state index is 6.17. The molecule has 2 rings (SSSR count). The van der Waals surface area contributed by atoms with Crippen molar-refractivity contribution in [2.45, 2.75) is 36.3 Å². The number of para-hydroxylation sites is 1. The van der Waals surface area contributed by atoms with E-state index in [1.807, 2.05) is 36.0 Å². The molecule has 0 saturated heterocycles. The van der Waals surface area contributed by atoms with Crippen LogP contribution >= 0.6 is 11.8 Å². The summed E-state index contributed by atoms with van der Waals surface area (Å²) in [5, 5.41) is 0. The molecule has 1 aliphatic heterocycles. The molecule has 3 heteroatoms. The van der Waals surface area contributed by atoms with E-state index in [-0.39, 0.29) is 12.1 Å². The van der Waals surface area contributed by atoms with E-state index in [1.54, 1.807) is 0 Å². The molecule has 0 amide bonds. The van der Waals surface area contributed by atoms with Gasteiger partial charge in [-0.3, -0.25) is 0 Å². The van der Waals surface area contributed by atoms with Crippen molar-refractivity contribution in [3.63, 3.8) is 0 Å². The molecule has 0 fully saturated rings. The first-order valence-electron chi connectivity index (χ1n) is 6.06. The predicted octanol–water partition coefficient (Wildman–Crippen LogP) is 3.22. The number of thioether (sulfide) groups is 1. The van der Waals surface area contributed by atoms with Crippen LogP contribution in [0.15, 0.2) is 41.8 Å². The Balaban J connectivity index is 1.90. The first kappa shape index (κ1) is 12.5. The highest BCUT2D eigenvalue weighted by Crippen LogP contribution is 2.35. The highest BCUT2D eigenvalue weighted by molar-refractivity contribution is 7.99. The molecule has 2 unspecified atom stereocenters. The zero-order valence-electron chi connectivity index (χ0n) is 9.97. The van der Waals surface area contributed by atoms with Crippen molar-refractivity contribution in [2.75, 3.05) is 5.75 Å². The van der Waals surface area contributed by atoms with Crippen LogP contribution in [0.5, 0.6) is 5.75 Å². The van der Waals surface area contributed by atoms with Gasteiger partial charge in [0.1, 0.15) is 11.9 Å². The maximum Gasteiger partial charge on any atom is 0.133 e. The summed E-state index contributed by atoms with van der Waals surface area (Å²) in [5.41, 5.74) is 6.17. The van der Waals surface area contributed by atoms with Gasteiger partial charge in [-0.2, -0.15) is 0 Å². The predicted molar refractivity (Wildman–Crippen MR) is 73.6 cm³/mol. The number of unbranched alkanes of at least 4 members (excludes halogenated alkanes) is 1. The highest BCUT2D eigenvalue weighted by atomic mass is 32.2. The number of ether oxygens (including phenoxy) is 1. The molecule has 17 heavy (non-hydrogen) atoms. The first-order valence-corrected chi connectivity index (χ1v) is 7.05. The van der Waals surface area contributed by atoms with E-state index in [0.717, 1.165) is 30.8 Å². The Labute approximate surface area is 107 Å². The van der Waals surface area contributed by atoms with Gasteiger partial charge in [-0.05, 0) is 31.4 Å². The molecule has 0 aromatic heterocycles. The number of allylic oxidation sites excluding steroid dienone is 1. The summed E-state index contributed by atoms with van der Waals surface area (Å²) in [6, 6.07) is 8.28. The molecule has 0 spiro atoms. The normalized spacial score (nSPS) is 20.2. The van der Waals surface area contributed by atoms with Gasteiger partial charge in [-0.1, -0.05) is 18.2 Å². The summed E-state index contributed by atoms with van der Waals surface area (Å²) in [6.07, 6.45) is 5.21. The summed E-state index contributed by atoms with van der Waals surface area (Å²) in [5.74, 6) is 1.93. The van der Waals surface area contributed by atoms with Crippen LogP contribution in [0.25, 0.3) is 0 Å². The van der Waals surface area contributed by atoms with Crippen LogP contribution in [0, 0.1) is 0 Å². The Bertz CT molecular complexity index is 380. The van der Waals surface area contributed by atoms with Crippen LogP contribution in [0.3, 0.4) is 0 Å². The van der Waals surface area contributed by atoms with Crippen molar-refractivity contribution >= 4 is 11.8 Å². The summed E-state index contributed by atoms with van der Waals surface area (Å²) in [7, 11) is 0. The fourth-order valence-corrected chi connectivity index (χ4v) is 3.02. The smallest absolute Gasteiger partial charge is 0.133 e. The quantitative estimate of drug-likeness (QED) is 0.643. The van der Waals surface area contributed by atoms with E-state index in [1.165, 1.54) is 4.90 Å². The van der Waals surface area contributed by atoms with Gasteiger partial charge in [0.25, 0.3) is 0 Å². The van der Waals surface area contributed by atoms with Crippen LogP contribution in [-0.4, -0.2) is 17.9 Å².